The summed E-state index contributed by atoms with van der Waals surface area (Å²) in [7, 11) is -3.00. The van der Waals surface area contributed by atoms with Gasteiger partial charge in [0.05, 0.1) is 0 Å². The predicted octanol–water partition coefficient (Wildman–Crippen LogP) is 5.25. The summed E-state index contributed by atoms with van der Waals surface area (Å²) in [4.78, 5) is 0. The molecular weight excluding hydrogens is 349 g/mol. The Hall–Kier alpha value is -0.893. The van der Waals surface area contributed by atoms with E-state index in [0.717, 1.165) is 0 Å². The molecule has 0 aromatic heterocycles. The Balaban J connectivity index is 2.90. The van der Waals surface area contributed by atoms with Gasteiger partial charge in [0, 0.05) is 42.1 Å². The van der Waals surface area contributed by atoms with E-state index >= 15 is 0 Å². The van der Waals surface area contributed by atoms with Crippen molar-refractivity contribution in [1.29, 1.82) is 0 Å². The Morgan fingerprint density at radius 3 is 1.56 bits per heavy atom. The molecule has 0 bridgehead atoms. The van der Waals surface area contributed by atoms with Gasteiger partial charge in [0.15, 0.2) is 0 Å². The highest BCUT2D eigenvalue weighted by Crippen LogP contribution is 2.26. The van der Waals surface area contributed by atoms with E-state index in [1.807, 2.05) is 41.5 Å². The van der Waals surface area contributed by atoms with Crippen molar-refractivity contribution in [3.05, 3.63) is 35.1 Å². The van der Waals surface area contributed by atoms with E-state index in [0.29, 0.717) is 24.6 Å². The van der Waals surface area contributed by atoms with Crippen LogP contribution in [0, 0.1) is 17.5 Å². The van der Waals surface area contributed by atoms with Crippen molar-refractivity contribution < 1.29 is 26.4 Å². The van der Waals surface area contributed by atoms with Gasteiger partial charge in [0.25, 0.3) is 0 Å². The van der Waals surface area contributed by atoms with Crippen LogP contribution < -0.4 is 0 Å². The molecule has 25 heavy (non-hydrogen) atoms. The third-order valence-corrected chi connectivity index (χ3v) is 6.72. The fourth-order valence-corrected chi connectivity index (χ4v) is 5.91. The first-order valence-corrected chi connectivity index (χ1v) is 10.6. The average Bonchev–Trinajstić information content (AvgIpc) is 2.39. The van der Waals surface area contributed by atoms with Crippen molar-refractivity contribution in [1.82, 2.24) is 0 Å². The van der Waals surface area contributed by atoms with Gasteiger partial charge in [-0.15, -0.1) is 0 Å². The minimum absolute atomic E-state index is 0.0940. The van der Waals surface area contributed by atoms with Crippen molar-refractivity contribution in [3.8, 4) is 0 Å². The third kappa shape index (κ3) is 7.48. The van der Waals surface area contributed by atoms with Gasteiger partial charge < -0.3 is 13.3 Å². The van der Waals surface area contributed by atoms with Crippen LogP contribution >= 0.6 is 0 Å². The van der Waals surface area contributed by atoms with Gasteiger partial charge in [0.2, 0.25) is 0 Å². The Morgan fingerprint density at radius 1 is 0.800 bits per heavy atom. The number of benzene rings is 1. The van der Waals surface area contributed by atoms with Crippen molar-refractivity contribution in [3.63, 3.8) is 0 Å². The smallest absolute Gasteiger partial charge is 0.371 e. The molecule has 0 spiro atoms. The van der Waals surface area contributed by atoms with Crippen LogP contribution in [0.1, 0.15) is 53.5 Å². The second kappa shape index (κ2) is 9.71. The number of hydrogen-bond acceptors (Lipinski definition) is 3. The molecule has 0 saturated carbocycles. The first-order valence-electron chi connectivity index (χ1n) is 8.71. The highest BCUT2D eigenvalue weighted by molar-refractivity contribution is 6.60. The fourth-order valence-electron chi connectivity index (χ4n) is 2.63. The van der Waals surface area contributed by atoms with Crippen molar-refractivity contribution in [2.45, 2.75) is 78.7 Å². The largest absolute Gasteiger partial charge is 0.501 e. The highest BCUT2D eigenvalue weighted by Gasteiger charge is 2.43. The van der Waals surface area contributed by atoms with Crippen molar-refractivity contribution in [2.75, 3.05) is 0 Å². The summed E-state index contributed by atoms with van der Waals surface area (Å²) in [6.45, 7) is 11.4. The van der Waals surface area contributed by atoms with Crippen molar-refractivity contribution >= 4 is 8.80 Å². The van der Waals surface area contributed by atoms with Crippen molar-refractivity contribution in [2.24, 2.45) is 0 Å². The maximum absolute atomic E-state index is 13.8. The Labute approximate surface area is 149 Å². The molecule has 0 saturated heterocycles. The SMILES string of the molecule is CC(C)O[Si](CCCc1c(F)cc(F)cc1F)(OC(C)C)OC(C)C. The summed E-state index contributed by atoms with van der Waals surface area (Å²) in [5.74, 6) is -2.66. The molecule has 1 aromatic carbocycles. The summed E-state index contributed by atoms with van der Waals surface area (Å²) in [5, 5.41) is 0. The molecule has 3 nitrogen and oxygen atoms in total. The van der Waals surface area contributed by atoms with Gasteiger partial charge in [-0.25, -0.2) is 13.2 Å². The van der Waals surface area contributed by atoms with E-state index in [2.05, 4.69) is 0 Å². The van der Waals surface area contributed by atoms with Crippen LogP contribution in [0.5, 0.6) is 0 Å². The lowest BCUT2D eigenvalue weighted by atomic mass is 10.1. The Morgan fingerprint density at radius 2 is 1.20 bits per heavy atom. The van der Waals surface area contributed by atoms with Crippen LogP contribution in [0.4, 0.5) is 13.2 Å². The van der Waals surface area contributed by atoms with Gasteiger partial charge in [0.1, 0.15) is 17.5 Å². The zero-order chi connectivity index (χ0) is 19.2. The zero-order valence-corrected chi connectivity index (χ0v) is 16.9. The molecule has 0 amide bonds. The zero-order valence-electron chi connectivity index (χ0n) is 15.9. The molecule has 1 aromatic rings. The first kappa shape index (κ1) is 22.1. The summed E-state index contributed by atoms with van der Waals surface area (Å²) in [6, 6.07) is 1.82. The minimum atomic E-state index is -3.00. The molecule has 0 unspecified atom stereocenters. The minimum Gasteiger partial charge on any atom is -0.371 e. The lowest BCUT2D eigenvalue weighted by Gasteiger charge is -2.34. The molecule has 0 fully saturated rings. The second-order valence-corrected chi connectivity index (χ2v) is 9.46. The standard InChI is InChI=1S/C18H29F3O3Si/c1-12(2)22-25(23-13(3)4,24-14(5)6)9-7-8-16-17(20)10-15(19)11-18(16)21/h10-14H,7-9H2,1-6H3. The Kier molecular flexibility index (Phi) is 8.60. The lowest BCUT2D eigenvalue weighted by Crippen LogP contribution is -2.50. The highest BCUT2D eigenvalue weighted by atomic mass is 28.4. The summed E-state index contributed by atoms with van der Waals surface area (Å²) in [5.41, 5.74) is -0.122. The monoisotopic (exact) mass is 378 g/mol. The van der Waals surface area contributed by atoms with Gasteiger partial charge in [-0.2, -0.15) is 0 Å². The van der Waals surface area contributed by atoms with Crippen LogP contribution in [0.25, 0.3) is 0 Å². The molecule has 7 heteroatoms. The predicted molar refractivity (Wildman–Crippen MR) is 93.9 cm³/mol. The van der Waals surface area contributed by atoms with E-state index in [4.69, 9.17) is 13.3 Å². The number of rotatable bonds is 10. The number of halogens is 3. The second-order valence-electron chi connectivity index (χ2n) is 6.88. The van der Waals surface area contributed by atoms with E-state index in [-0.39, 0.29) is 30.3 Å². The van der Waals surface area contributed by atoms with Crippen LogP contribution in [-0.4, -0.2) is 27.1 Å². The van der Waals surface area contributed by atoms with Gasteiger partial charge in [-0.05, 0) is 54.4 Å². The molecule has 144 valence electrons. The quantitative estimate of drug-likeness (QED) is 0.521. The van der Waals surface area contributed by atoms with E-state index in [1.54, 1.807) is 0 Å². The molecule has 0 heterocycles. The fraction of sp³-hybridized carbons (Fsp3) is 0.667. The summed E-state index contributed by atoms with van der Waals surface area (Å²) in [6.07, 6.45) is 0.255. The lowest BCUT2D eigenvalue weighted by molar-refractivity contribution is 0.00289. The summed E-state index contributed by atoms with van der Waals surface area (Å²) >= 11 is 0. The number of hydrogen-bond donors (Lipinski definition) is 0. The van der Waals surface area contributed by atoms with E-state index < -0.39 is 26.3 Å². The van der Waals surface area contributed by atoms with Crippen LogP contribution in [-0.2, 0) is 19.7 Å². The topological polar surface area (TPSA) is 27.7 Å². The molecular formula is C18H29F3O3Si. The molecule has 0 N–H and O–H groups in total. The maximum Gasteiger partial charge on any atom is 0.501 e. The molecule has 0 aliphatic rings. The van der Waals surface area contributed by atoms with Crippen LogP contribution in [0.15, 0.2) is 12.1 Å². The van der Waals surface area contributed by atoms with Gasteiger partial charge in [-0.1, -0.05) is 0 Å². The molecule has 0 aliphatic carbocycles. The third-order valence-electron chi connectivity index (χ3n) is 3.26. The van der Waals surface area contributed by atoms with Crippen LogP contribution in [0.2, 0.25) is 6.04 Å². The molecule has 0 aliphatic heterocycles. The van der Waals surface area contributed by atoms with Crippen LogP contribution in [0.3, 0.4) is 0 Å². The van der Waals surface area contributed by atoms with E-state index in [9.17, 15) is 13.2 Å². The normalized spacial score (nSPS) is 12.6. The average molecular weight is 379 g/mol. The maximum atomic E-state index is 13.8. The summed E-state index contributed by atoms with van der Waals surface area (Å²) < 4.78 is 58.7. The van der Waals surface area contributed by atoms with Gasteiger partial charge in [-0.3, -0.25) is 0 Å². The molecule has 0 radical (unpaired) electrons. The first-order chi connectivity index (χ1) is 11.5. The Bertz CT molecular complexity index is 501. The molecule has 0 atom stereocenters. The molecule has 1 rings (SSSR count). The van der Waals surface area contributed by atoms with E-state index in [1.165, 1.54) is 0 Å². The van der Waals surface area contributed by atoms with Gasteiger partial charge >= 0.3 is 8.80 Å².